The van der Waals surface area contributed by atoms with Gasteiger partial charge in [0.15, 0.2) is 0 Å². The monoisotopic (exact) mass is 325 g/mol. The molecule has 0 aliphatic rings. The van der Waals surface area contributed by atoms with Crippen LogP contribution in [0.15, 0.2) is 65.6 Å². The number of furan rings is 1. The highest BCUT2D eigenvalue weighted by Crippen LogP contribution is 2.24. The lowest BCUT2D eigenvalue weighted by Gasteiger charge is -2.12. The van der Waals surface area contributed by atoms with Gasteiger partial charge in [0.1, 0.15) is 17.8 Å². The van der Waals surface area contributed by atoms with E-state index in [4.69, 9.17) is 4.42 Å². The van der Waals surface area contributed by atoms with Crippen LogP contribution in [0.5, 0.6) is 0 Å². The molecule has 2 heterocycles. The van der Waals surface area contributed by atoms with E-state index in [1.54, 1.807) is 18.2 Å². The van der Waals surface area contributed by atoms with Crippen LogP contribution < -0.4 is 10.6 Å². The van der Waals surface area contributed by atoms with Crippen LogP contribution in [-0.2, 0) is 0 Å². The minimum atomic E-state index is -0.548. The summed E-state index contributed by atoms with van der Waals surface area (Å²) in [6, 6.07) is 10.0. The minimum Gasteiger partial charge on any atom is -0.472 e. The first-order chi connectivity index (χ1) is 11.6. The smallest absolute Gasteiger partial charge is 0.274 e. The van der Waals surface area contributed by atoms with Gasteiger partial charge in [-0.1, -0.05) is 6.07 Å². The van der Waals surface area contributed by atoms with E-state index in [1.807, 2.05) is 0 Å². The van der Waals surface area contributed by atoms with Gasteiger partial charge < -0.3 is 15.1 Å². The lowest BCUT2D eigenvalue weighted by molar-refractivity contribution is 0.101. The Hall–Kier alpha value is -3.48. The molecule has 0 fully saturated rings. The minimum absolute atomic E-state index is 0.130. The number of anilines is 2. The normalized spacial score (nSPS) is 10.2. The van der Waals surface area contributed by atoms with Crippen LogP contribution in [0.1, 0.15) is 20.8 Å². The van der Waals surface area contributed by atoms with E-state index >= 15 is 0 Å². The number of rotatable bonds is 4. The molecule has 7 heteroatoms. The van der Waals surface area contributed by atoms with E-state index in [-0.39, 0.29) is 22.6 Å². The quantitative estimate of drug-likeness (QED) is 0.770. The molecule has 0 aliphatic carbocycles. The summed E-state index contributed by atoms with van der Waals surface area (Å²) in [6.07, 6.45) is 4.10. The van der Waals surface area contributed by atoms with Crippen LogP contribution in [0, 0.1) is 5.82 Å². The third kappa shape index (κ3) is 3.46. The molecule has 0 aliphatic heterocycles. The lowest BCUT2D eigenvalue weighted by atomic mass is 10.2. The molecule has 3 rings (SSSR count). The number of nitrogens with one attached hydrogen (secondary N) is 2. The summed E-state index contributed by atoms with van der Waals surface area (Å²) in [5.41, 5.74) is 0.865. The number of hydrogen-bond donors (Lipinski definition) is 2. The molecule has 0 bridgehead atoms. The zero-order valence-electron chi connectivity index (χ0n) is 12.3. The van der Waals surface area contributed by atoms with Gasteiger partial charge in [0, 0.05) is 6.20 Å². The first-order valence-electron chi connectivity index (χ1n) is 6.99. The topological polar surface area (TPSA) is 84.2 Å². The Morgan fingerprint density at radius 2 is 1.83 bits per heavy atom. The molecule has 1 aromatic carbocycles. The Balaban J connectivity index is 1.83. The van der Waals surface area contributed by atoms with Crippen molar-refractivity contribution in [1.29, 1.82) is 0 Å². The number of hydrogen-bond acceptors (Lipinski definition) is 4. The van der Waals surface area contributed by atoms with Gasteiger partial charge in [0.25, 0.3) is 11.8 Å². The summed E-state index contributed by atoms with van der Waals surface area (Å²) in [6.45, 7) is 0. The van der Waals surface area contributed by atoms with Crippen molar-refractivity contribution in [3.63, 3.8) is 0 Å². The van der Waals surface area contributed by atoms with Gasteiger partial charge >= 0.3 is 0 Å². The highest BCUT2D eigenvalue weighted by Gasteiger charge is 2.14. The number of carbonyl (C=O) groups excluding carboxylic acids is 2. The molecule has 0 saturated carbocycles. The molecule has 0 unspecified atom stereocenters. The average molecular weight is 325 g/mol. The number of pyridine rings is 1. The largest absolute Gasteiger partial charge is 0.472 e. The van der Waals surface area contributed by atoms with Gasteiger partial charge in [-0.3, -0.25) is 14.6 Å². The second-order valence-electron chi connectivity index (χ2n) is 4.83. The van der Waals surface area contributed by atoms with Crippen molar-refractivity contribution >= 4 is 23.2 Å². The summed E-state index contributed by atoms with van der Waals surface area (Å²) in [5.74, 6) is -1.50. The van der Waals surface area contributed by atoms with Crippen LogP contribution in [0.3, 0.4) is 0 Å². The summed E-state index contributed by atoms with van der Waals surface area (Å²) < 4.78 is 18.3. The maximum absolute atomic E-state index is 13.5. The Morgan fingerprint density at radius 1 is 1.00 bits per heavy atom. The second kappa shape index (κ2) is 6.74. The predicted molar refractivity (Wildman–Crippen MR) is 85.3 cm³/mol. The SMILES string of the molecule is O=C(Nc1cc(F)ccc1NC(=O)c1ccccn1)c1ccoc1. The van der Waals surface area contributed by atoms with Gasteiger partial charge in [0.05, 0.1) is 23.2 Å². The van der Waals surface area contributed by atoms with Gasteiger partial charge in [-0.05, 0) is 36.4 Å². The van der Waals surface area contributed by atoms with Crippen molar-refractivity contribution in [2.45, 2.75) is 0 Å². The standard InChI is InChI=1S/C17H12FN3O3/c18-12-4-5-13(20-17(23)14-3-1-2-7-19-14)15(9-12)21-16(22)11-6-8-24-10-11/h1-10H,(H,20,23)(H,21,22). The number of halogens is 1. The van der Waals surface area contributed by atoms with Crippen LogP contribution in [-0.4, -0.2) is 16.8 Å². The lowest BCUT2D eigenvalue weighted by Crippen LogP contribution is -2.17. The molecular formula is C17H12FN3O3. The van der Waals surface area contributed by atoms with E-state index in [0.717, 1.165) is 6.07 Å². The van der Waals surface area contributed by atoms with Gasteiger partial charge in [-0.2, -0.15) is 0 Å². The van der Waals surface area contributed by atoms with Crippen molar-refractivity contribution < 1.29 is 18.4 Å². The number of amides is 2. The molecule has 0 saturated heterocycles. The van der Waals surface area contributed by atoms with Crippen LogP contribution in [0.25, 0.3) is 0 Å². The van der Waals surface area contributed by atoms with Gasteiger partial charge in [-0.15, -0.1) is 0 Å². The highest BCUT2D eigenvalue weighted by molar-refractivity contribution is 6.09. The Morgan fingerprint density at radius 3 is 2.54 bits per heavy atom. The van der Waals surface area contributed by atoms with Crippen LogP contribution in [0.2, 0.25) is 0 Å². The predicted octanol–water partition coefficient (Wildman–Crippen LogP) is 3.32. The maximum Gasteiger partial charge on any atom is 0.274 e. The first-order valence-corrected chi connectivity index (χ1v) is 6.99. The zero-order valence-corrected chi connectivity index (χ0v) is 12.3. The molecule has 2 aromatic heterocycles. The van der Waals surface area contributed by atoms with Crippen molar-refractivity contribution in [2.75, 3.05) is 10.6 Å². The zero-order chi connectivity index (χ0) is 16.9. The third-order valence-electron chi connectivity index (χ3n) is 3.16. The molecule has 6 nitrogen and oxygen atoms in total. The summed E-state index contributed by atoms with van der Waals surface area (Å²) in [7, 11) is 0. The molecule has 120 valence electrons. The van der Waals surface area contributed by atoms with E-state index in [0.29, 0.717) is 0 Å². The number of nitrogens with zero attached hydrogens (tertiary/aromatic N) is 1. The van der Waals surface area contributed by atoms with Crippen molar-refractivity contribution in [3.05, 3.63) is 78.3 Å². The van der Waals surface area contributed by atoms with Gasteiger partial charge in [-0.25, -0.2) is 4.39 Å². The van der Waals surface area contributed by atoms with Crippen molar-refractivity contribution in [2.24, 2.45) is 0 Å². The number of benzene rings is 1. The number of carbonyl (C=O) groups is 2. The van der Waals surface area contributed by atoms with Crippen LogP contribution in [0.4, 0.5) is 15.8 Å². The second-order valence-corrected chi connectivity index (χ2v) is 4.83. The summed E-state index contributed by atoms with van der Waals surface area (Å²) in [4.78, 5) is 28.2. The van der Waals surface area contributed by atoms with E-state index in [9.17, 15) is 14.0 Å². The molecule has 0 atom stereocenters. The third-order valence-corrected chi connectivity index (χ3v) is 3.16. The number of aromatic nitrogens is 1. The van der Waals surface area contributed by atoms with Crippen LogP contribution >= 0.6 is 0 Å². The van der Waals surface area contributed by atoms with Gasteiger partial charge in [0.2, 0.25) is 0 Å². The fourth-order valence-electron chi connectivity index (χ4n) is 2.00. The van der Waals surface area contributed by atoms with Crippen molar-refractivity contribution in [3.8, 4) is 0 Å². The Bertz CT molecular complexity index is 864. The van der Waals surface area contributed by atoms with Crippen molar-refractivity contribution in [1.82, 2.24) is 4.98 Å². The maximum atomic E-state index is 13.5. The first kappa shape index (κ1) is 15.4. The van der Waals surface area contributed by atoms with E-state index in [2.05, 4.69) is 15.6 Å². The molecular weight excluding hydrogens is 313 g/mol. The Kier molecular flexibility index (Phi) is 4.33. The summed E-state index contributed by atoms with van der Waals surface area (Å²) in [5, 5.41) is 5.13. The average Bonchev–Trinajstić information content (AvgIpc) is 3.13. The molecule has 0 spiro atoms. The molecule has 0 radical (unpaired) electrons. The highest BCUT2D eigenvalue weighted by atomic mass is 19.1. The fraction of sp³-hybridized carbons (Fsp3) is 0. The van der Waals surface area contributed by atoms with E-state index in [1.165, 1.54) is 36.9 Å². The molecule has 2 amide bonds. The molecule has 3 aromatic rings. The molecule has 2 N–H and O–H groups in total. The van der Waals surface area contributed by atoms with E-state index < -0.39 is 17.6 Å². The fourth-order valence-corrected chi connectivity index (χ4v) is 2.00. The molecule has 24 heavy (non-hydrogen) atoms. The summed E-state index contributed by atoms with van der Waals surface area (Å²) >= 11 is 0. The Labute approximate surface area is 136 Å².